The second kappa shape index (κ2) is 5.27. The Labute approximate surface area is 102 Å². The van der Waals surface area contributed by atoms with Gasteiger partial charge in [-0.2, -0.15) is 12.6 Å². The van der Waals surface area contributed by atoms with E-state index in [2.05, 4.69) is 17.5 Å². The summed E-state index contributed by atoms with van der Waals surface area (Å²) in [5.41, 5.74) is 0. The fraction of sp³-hybridized carbons (Fsp3) is 0.909. The summed E-state index contributed by atoms with van der Waals surface area (Å²) < 4.78 is 0. The molecule has 1 N–H and O–H groups in total. The van der Waals surface area contributed by atoms with E-state index >= 15 is 0 Å². The molecule has 0 aliphatic carbocycles. The molecular formula is C11H20N2O2S. The molecular weight excluding hydrogens is 224 g/mol. The van der Waals surface area contributed by atoms with Crippen molar-refractivity contribution in [3.8, 4) is 0 Å². The highest BCUT2D eigenvalue weighted by atomic mass is 32.1. The van der Waals surface area contributed by atoms with Crippen LogP contribution in [0.1, 0.15) is 19.3 Å². The van der Waals surface area contributed by atoms with E-state index in [0.29, 0.717) is 24.3 Å². The monoisotopic (exact) mass is 244 g/mol. The van der Waals surface area contributed by atoms with Crippen molar-refractivity contribution in [2.75, 3.05) is 32.7 Å². The van der Waals surface area contributed by atoms with Gasteiger partial charge in [0.05, 0.1) is 0 Å². The molecule has 2 heterocycles. The van der Waals surface area contributed by atoms with E-state index in [1.54, 1.807) is 0 Å². The lowest BCUT2D eigenvalue weighted by atomic mass is 9.96. The van der Waals surface area contributed by atoms with Crippen LogP contribution in [-0.2, 0) is 0 Å². The van der Waals surface area contributed by atoms with Crippen molar-refractivity contribution < 1.29 is 9.90 Å². The van der Waals surface area contributed by atoms with Crippen LogP contribution < -0.4 is 0 Å². The minimum atomic E-state index is -0.768. The Balaban J connectivity index is 1.71. The first kappa shape index (κ1) is 12.0. The van der Waals surface area contributed by atoms with Gasteiger partial charge in [0.2, 0.25) is 0 Å². The van der Waals surface area contributed by atoms with E-state index in [4.69, 9.17) is 5.11 Å². The molecule has 0 radical (unpaired) electrons. The summed E-state index contributed by atoms with van der Waals surface area (Å²) in [4.78, 5) is 14.8. The number of rotatable bonds is 2. The van der Waals surface area contributed by atoms with Crippen molar-refractivity contribution in [3.63, 3.8) is 0 Å². The smallest absolute Gasteiger partial charge is 0.407 e. The van der Waals surface area contributed by atoms with Gasteiger partial charge in [-0.3, -0.25) is 0 Å². The summed E-state index contributed by atoms with van der Waals surface area (Å²) >= 11 is 4.48. The lowest BCUT2D eigenvalue weighted by molar-refractivity contribution is 0.116. The van der Waals surface area contributed by atoms with Crippen molar-refractivity contribution in [2.45, 2.75) is 24.5 Å². The first-order valence-electron chi connectivity index (χ1n) is 6.03. The molecule has 0 saturated carbocycles. The predicted octanol–water partition coefficient (Wildman–Crippen LogP) is 1.38. The number of hydrogen-bond donors (Lipinski definition) is 2. The number of piperidine rings is 1. The van der Waals surface area contributed by atoms with Crippen LogP contribution >= 0.6 is 12.6 Å². The third-order valence-electron chi connectivity index (χ3n) is 3.65. The highest BCUT2D eigenvalue weighted by Gasteiger charge is 2.26. The quantitative estimate of drug-likeness (QED) is 0.721. The molecule has 2 aliphatic rings. The Kier molecular flexibility index (Phi) is 3.97. The van der Waals surface area contributed by atoms with Crippen LogP contribution in [0, 0.1) is 5.92 Å². The van der Waals surface area contributed by atoms with Crippen molar-refractivity contribution in [2.24, 2.45) is 5.92 Å². The average Bonchev–Trinajstić information content (AvgIpc) is 2.65. The molecule has 1 amide bonds. The second-order valence-electron chi connectivity index (χ2n) is 4.92. The van der Waals surface area contributed by atoms with Gasteiger partial charge in [0, 0.05) is 31.4 Å². The van der Waals surface area contributed by atoms with Gasteiger partial charge >= 0.3 is 6.09 Å². The van der Waals surface area contributed by atoms with Gasteiger partial charge < -0.3 is 14.9 Å². The van der Waals surface area contributed by atoms with Gasteiger partial charge in [-0.25, -0.2) is 4.79 Å². The molecule has 5 heteroatoms. The first-order valence-corrected chi connectivity index (χ1v) is 6.55. The SMILES string of the molecule is O=C(O)N1CCC(CN2CCC(S)C2)CC1. The molecule has 0 aromatic rings. The molecule has 1 unspecified atom stereocenters. The highest BCUT2D eigenvalue weighted by molar-refractivity contribution is 7.81. The molecule has 2 rings (SSSR count). The maximum Gasteiger partial charge on any atom is 0.407 e. The predicted molar refractivity (Wildman–Crippen MR) is 66.2 cm³/mol. The third kappa shape index (κ3) is 3.04. The zero-order valence-corrected chi connectivity index (χ0v) is 10.4. The Hall–Kier alpha value is -0.420. The fourth-order valence-electron chi connectivity index (χ4n) is 2.65. The Bertz CT molecular complexity index is 254. The summed E-state index contributed by atoms with van der Waals surface area (Å²) in [5, 5.41) is 9.39. The van der Waals surface area contributed by atoms with Gasteiger partial charge in [-0.15, -0.1) is 0 Å². The van der Waals surface area contributed by atoms with E-state index in [1.165, 1.54) is 11.3 Å². The third-order valence-corrected chi connectivity index (χ3v) is 4.07. The van der Waals surface area contributed by atoms with Gasteiger partial charge in [-0.05, 0) is 31.7 Å². The van der Waals surface area contributed by atoms with Crippen molar-refractivity contribution in [1.29, 1.82) is 0 Å². The van der Waals surface area contributed by atoms with Crippen molar-refractivity contribution in [1.82, 2.24) is 9.80 Å². The molecule has 0 spiro atoms. The van der Waals surface area contributed by atoms with E-state index < -0.39 is 6.09 Å². The summed E-state index contributed by atoms with van der Waals surface area (Å²) in [5.74, 6) is 0.675. The largest absolute Gasteiger partial charge is 0.465 e. The second-order valence-corrected chi connectivity index (χ2v) is 5.65. The maximum atomic E-state index is 10.8. The number of amides is 1. The first-order chi connectivity index (χ1) is 7.65. The minimum Gasteiger partial charge on any atom is -0.465 e. The van der Waals surface area contributed by atoms with Crippen LogP contribution in [-0.4, -0.2) is 59.0 Å². The highest BCUT2D eigenvalue weighted by Crippen LogP contribution is 2.22. The van der Waals surface area contributed by atoms with Gasteiger partial charge in [0.15, 0.2) is 0 Å². The topological polar surface area (TPSA) is 43.8 Å². The van der Waals surface area contributed by atoms with Crippen molar-refractivity contribution in [3.05, 3.63) is 0 Å². The van der Waals surface area contributed by atoms with Gasteiger partial charge in [0.25, 0.3) is 0 Å². The summed E-state index contributed by atoms with van der Waals surface area (Å²) in [7, 11) is 0. The van der Waals surface area contributed by atoms with Crippen LogP contribution in [0.2, 0.25) is 0 Å². The molecule has 0 aromatic heterocycles. The summed E-state index contributed by atoms with van der Waals surface area (Å²) in [6.45, 7) is 4.80. The average molecular weight is 244 g/mol. The van der Waals surface area contributed by atoms with E-state index in [1.807, 2.05) is 0 Å². The number of carboxylic acid groups (broad SMARTS) is 1. The maximum absolute atomic E-state index is 10.8. The Morgan fingerprint density at radius 2 is 1.94 bits per heavy atom. The zero-order valence-electron chi connectivity index (χ0n) is 9.51. The lowest BCUT2D eigenvalue weighted by Crippen LogP contribution is -2.40. The molecule has 1 atom stereocenters. The molecule has 0 bridgehead atoms. The number of likely N-dealkylation sites (tertiary alicyclic amines) is 2. The fourth-order valence-corrected chi connectivity index (χ4v) is 3.00. The summed E-state index contributed by atoms with van der Waals surface area (Å²) in [6.07, 6.45) is 2.45. The van der Waals surface area contributed by atoms with Crippen LogP contribution in [0.5, 0.6) is 0 Å². The van der Waals surface area contributed by atoms with E-state index in [9.17, 15) is 4.79 Å². The molecule has 2 aliphatic heterocycles. The van der Waals surface area contributed by atoms with E-state index in [0.717, 1.165) is 32.5 Å². The number of thiol groups is 1. The minimum absolute atomic E-state index is 0.541. The Morgan fingerprint density at radius 3 is 2.44 bits per heavy atom. The van der Waals surface area contributed by atoms with Crippen LogP contribution in [0.15, 0.2) is 0 Å². The van der Waals surface area contributed by atoms with Crippen LogP contribution in [0.25, 0.3) is 0 Å². The van der Waals surface area contributed by atoms with Crippen LogP contribution in [0.3, 0.4) is 0 Å². The molecule has 4 nitrogen and oxygen atoms in total. The van der Waals surface area contributed by atoms with Crippen molar-refractivity contribution >= 4 is 18.7 Å². The molecule has 0 aromatic carbocycles. The van der Waals surface area contributed by atoms with Crippen LogP contribution in [0.4, 0.5) is 4.79 Å². The zero-order chi connectivity index (χ0) is 11.5. The lowest BCUT2D eigenvalue weighted by Gasteiger charge is -2.32. The molecule has 16 heavy (non-hydrogen) atoms. The number of hydrogen-bond acceptors (Lipinski definition) is 3. The van der Waals surface area contributed by atoms with E-state index in [-0.39, 0.29) is 0 Å². The Morgan fingerprint density at radius 1 is 1.25 bits per heavy atom. The number of carbonyl (C=O) groups is 1. The molecule has 2 fully saturated rings. The molecule has 2 saturated heterocycles. The number of nitrogens with zero attached hydrogens (tertiary/aromatic N) is 2. The standard InChI is InChI=1S/C11H20N2O2S/c14-11(15)13-5-1-9(2-6-13)7-12-4-3-10(16)8-12/h9-10,16H,1-8H2,(H,14,15). The van der Waals surface area contributed by atoms with Gasteiger partial charge in [-0.1, -0.05) is 0 Å². The summed E-state index contributed by atoms with van der Waals surface area (Å²) in [6, 6.07) is 0. The van der Waals surface area contributed by atoms with Gasteiger partial charge in [0.1, 0.15) is 0 Å². The molecule has 92 valence electrons. The normalized spacial score (nSPS) is 28.6.